The number of unbranched alkanes of at least 4 members (excludes halogenated alkanes) is 14. The van der Waals surface area contributed by atoms with Gasteiger partial charge in [0.2, 0.25) is 5.75 Å². The summed E-state index contributed by atoms with van der Waals surface area (Å²) in [6.45, 7) is 7.12. The molecule has 1 aromatic carbocycles. The monoisotopic (exact) mass is 504 g/mol. The Morgan fingerprint density at radius 1 is 0.556 bits per heavy atom. The molecule has 0 amide bonds. The Bertz CT molecular complexity index is 700. The van der Waals surface area contributed by atoms with Crippen LogP contribution in [0.25, 0.3) is 0 Å². The maximum Gasteiger partial charge on any atom is 0.311 e. The van der Waals surface area contributed by atoms with Crippen molar-refractivity contribution in [2.24, 2.45) is 0 Å². The Kier molecular flexibility index (Phi) is 19.7. The van der Waals surface area contributed by atoms with Crippen LogP contribution in [0.4, 0.5) is 0 Å². The van der Waals surface area contributed by atoms with Crippen molar-refractivity contribution in [3.63, 3.8) is 0 Å². The highest BCUT2D eigenvalue weighted by molar-refractivity contribution is 5.77. The van der Waals surface area contributed by atoms with Gasteiger partial charge in [0.1, 0.15) is 0 Å². The SMILES string of the molecule is CCCCCCCCCOc1cccc(OC(=O)CCCCCCC)c1OC(=O)CCCCCCC. The molecule has 0 saturated carbocycles. The highest BCUT2D eigenvalue weighted by Crippen LogP contribution is 2.38. The maximum absolute atomic E-state index is 12.6. The first-order chi connectivity index (χ1) is 17.6. The van der Waals surface area contributed by atoms with E-state index in [0.29, 0.717) is 25.2 Å². The summed E-state index contributed by atoms with van der Waals surface area (Å²) in [5, 5.41) is 0. The zero-order valence-corrected chi connectivity index (χ0v) is 23.4. The molecule has 0 aliphatic rings. The maximum atomic E-state index is 12.6. The van der Waals surface area contributed by atoms with E-state index in [4.69, 9.17) is 14.2 Å². The minimum atomic E-state index is -0.310. The zero-order chi connectivity index (χ0) is 26.3. The van der Waals surface area contributed by atoms with Gasteiger partial charge < -0.3 is 14.2 Å². The van der Waals surface area contributed by atoms with Crippen molar-refractivity contribution in [2.75, 3.05) is 6.61 Å². The Labute approximate surface area is 220 Å². The van der Waals surface area contributed by atoms with Gasteiger partial charge in [0.05, 0.1) is 6.61 Å². The van der Waals surface area contributed by atoms with Crippen molar-refractivity contribution in [3.8, 4) is 17.2 Å². The van der Waals surface area contributed by atoms with Crippen molar-refractivity contribution in [3.05, 3.63) is 18.2 Å². The number of para-hydroxylation sites is 1. The molecule has 36 heavy (non-hydrogen) atoms. The van der Waals surface area contributed by atoms with E-state index in [1.807, 2.05) is 0 Å². The lowest BCUT2D eigenvalue weighted by Gasteiger charge is -2.15. The van der Waals surface area contributed by atoms with Gasteiger partial charge in [-0.25, -0.2) is 0 Å². The summed E-state index contributed by atoms with van der Waals surface area (Å²) >= 11 is 0. The molecule has 0 bridgehead atoms. The number of rotatable bonds is 23. The summed E-state index contributed by atoms with van der Waals surface area (Å²) < 4.78 is 17.4. The van der Waals surface area contributed by atoms with Crippen LogP contribution >= 0.6 is 0 Å². The van der Waals surface area contributed by atoms with Crippen LogP contribution < -0.4 is 14.2 Å². The van der Waals surface area contributed by atoms with Crippen LogP contribution in [0, 0.1) is 0 Å². The van der Waals surface area contributed by atoms with Crippen LogP contribution in [0.15, 0.2) is 18.2 Å². The van der Waals surface area contributed by atoms with Gasteiger partial charge in [0.25, 0.3) is 0 Å². The number of hydrogen-bond donors (Lipinski definition) is 0. The molecule has 0 atom stereocenters. The highest BCUT2D eigenvalue weighted by Gasteiger charge is 2.19. The number of carbonyl (C=O) groups excluding carboxylic acids is 2. The number of carbonyl (C=O) groups is 2. The van der Waals surface area contributed by atoms with Gasteiger partial charge in [0.15, 0.2) is 11.5 Å². The lowest BCUT2D eigenvalue weighted by atomic mass is 10.1. The molecule has 0 aromatic heterocycles. The van der Waals surface area contributed by atoms with Gasteiger partial charge in [0, 0.05) is 12.8 Å². The van der Waals surface area contributed by atoms with Crippen molar-refractivity contribution >= 4 is 11.9 Å². The summed E-state index contributed by atoms with van der Waals surface area (Å²) in [4.78, 5) is 25.1. The van der Waals surface area contributed by atoms with Gasteiger partial charge in [-0.2, -0.15) is 0 Å². The fourth-order valence-corrected chi connectivity index (χ4v) is 4.12. The van der Waals surface area contributed by atoms with Gasteiger partial charge in [-0.3, -0.25) is 9.59 Å². The first-order valence-electron chi connectivity index (χ1n) is 14.8. The summed E-state index contributed by atoms with van der Waals surface area (Å²) in [5.74, 6) is 0.361. The van der Waals surface area contributed by atoms with E-state index >= 15 is 0 Å². The molecule has 5 nitrogen and oxygen atoms in total. The van der Waals surface area contributed by atoms with Crippen LogP contribution in [0.3, 0.4) is 0 Å². The first-order valence-corrected chi connectivity index (χ1v) is 14.8. The molecule has 1 rings (SSSR count). The van der Waals surface area contributed by atoms with Gasteiger partial charge >= 0.3 is 11.9 Å². The van der Waals surface area contributed by atoms with Gasteiger partial charge in [-0.15, -0.1) is 0 Å². The Morgan fingerprint density at radius 2 is 1.00 bits per heavy atom. The molecule has 5 heteroatoms. The Balaban J connectivity index is 2.69. The summed E-state index contributed by atoms with van der Waals surface area (Å²) in [6, 6.07) is 5.25. The largest absolute Gasteiger partial charge is 0.490 e. The van der Waals surface area contributed by atoms with Crippen LogP contribution in [-0.2, 0) is 9.59 Å². The molecule has 0 aliphatic heterocycles. The standard InChI is InChI=1S/C31H52O5/c1-4-7-10-13-14-17-20-26-34-27-22-21-23-28(35-29(32)24-18-15-11-8-5-2)31(27)36-30(33)25-19-16-12-9-6-3/h21-23H,4-20,24-26H2,1-3H3. The normalized spacial score (nSPS) is 10.9. The molecule has 1 aromatic rings. The number of hydrogen-bond acceptors (Lipinski definition) is 5. The predicted molar refractivity (Wildman–Crippen MR) is 148 cm³/mol. The number of benzene rings is 1. The minimum absolute atomic E-state index is 0.235. The first kappa shape index (κ1) is 32.0. The van der Waals surface area contributed by atoms with E-state index in [2.05, 4.69) is 20.8 Å². The van der Waals surface area contributed by atoms with Crippen LogP contribution in [0.1, 0.15) is 143 Å². The summed E-state index contributed by atoms with van der Waals surface area (Å²) in [7, 11) is 0. The molecular formula is C31H52O5. The molecule has 0 fully saturated rings. The average molecular weight is 505 g/mol. The average Bonchev–Trinajstić information content (AvgIpc) is 2.87. The molecule has 0 N–H and O–H groups in total. The molecule has 0 heterocycles. The number of esters is 2. The fourth-order valence-electron chi connectivity index (χ4n) is 4.12. The van der Waals surface area contributed by atoms with Gasteiger partial charge in [-0.05, 0) is 31.4 Å². The summed E-state index contributed by atoms with van der Waals surface area (Å²) in [5.41, 5.74) is 0. The topological polar surface area (TPSA) is 61.8 Å². The third-order valence-corrected chi connectivity index (χ3v) is 6.36. The quantitative estimate of drug-likeness (QED) is 0.0844. The van der Waals surface area contributed by atoms with Crippen molar-refractivity contribution in [2.45, 2.75) is 143 Å². The van der Waals surface area contributed by atoms with Crippen molar-refractivity contribution in [1.82, 2.24) is 0 Å². The summed E-state index contributed by atoms with van der Waals surface area (Å²) in [6.07, 6.45) is 19.7. The lowest BCUT2D eigenvalue weighted by Crippen LogP contribution is -2.13. The second-order valence-corrected chi connectivity index (χ2v) is 9.83. The second kappa shape index (κ2) is 22.2. The van der Waals surface area contributed by atoms with E-state index in [1.165, 1.54) is 57.8 Å². The van der Waals surface area contributed by atoms with E-state index in [-0.39, 0.29) is 23.4 Å². The number of ether oxygens (including phenoxy) is 3. The predicted octanol–water partition coefficient (Wildman–Crippen LogP) is 9.35. The Morgan fingerprint density at radius 3 is 1.56 bits per heavy atom. The molecule has 0 unspecified atom stereocenters. The molecule has 206 valence electrons. The molecular weight excluding hydrogens is 452 g/mol. The fraction of sp³-hybridized carbons (Fsp3) is 0.742. The molecule has 0 radical (unpaired) electrons. The van der Waals surface area contributed by atoms with Crippen molar-refractivity contribution < 1.29 is 23.8 Å². The van der Waals surface area contributed by atoms with E-state index in [0.717, 1.165) is 51.4 Å². The highest BCUT2D eigenvalue weighted by atomic mass is 16.6. The van der Waals surface area contributed by atoms with E-state index < -0.39 is 0 Å². The van der Waals surface area contributed by atoms with E-state index in [9.17, 15) is 9.59 Å². The Hall–Kier alpha value is -2.04. The molecule has 0 spiro atoms. The van der Waals surface area contributed by atoms with E-state index in [1.54, 1.807) is 18.2 Å². The van der Waals surface area contributed by atoms with Gasteiger partial charge in [-0.1, -0.05) is 117 Å². The van der Waals surface area contributed by atoms with Crippen LogP contribution in [-0.4, -0.2) is 18.5 Å². The second-order valence-electron chi connectivity index (χ2n) is 9.83. The molecule has 0 aliphatic carbocycles. The third kappa shape index (κ3) is 15.9. The lowest BCUT2D eigenvalue weighted by molar-refractivity contribution is -0.137. The molecule has 0 saturated heterocycles. The minimum Gasteiger partial charge on any atom is -0.490 e. The smallest absolute Gasteiger partial charge is 0.311 e. The van der Waals surface area contributed by atoms with Crippen LogP contribution in [0.2, 0.25) is 0 Å². The zero-order valence-electron chi connectivity index (χ0n) is 23.4. The third-order valence-electron chi connectivity index (χ3n) is 6.36. The van der Waals surface area contributed by atoms with Crippen LogP contribution in [0.5, 0.6) is 17.2 Å². The van der Waals surface area contributed by atoms with Crippen molar-refractivity contribution in [1.29, 1.82) is 0 Å².